The maximum atomic E-state index is 13.2. The van der Waals surface area contributed by atoms with Crippen molar-refractivity contribution in [1.82, 2.24) is 5.32 Å². The highest BCUT2D eigenvalue weighted by Crippen LogP contribution is 2.30. The van der Waals surface area contributed by atoms with E-state index < -0.39 is 23.6 Å². The number of carbonyl (C=O) groups is 3. The summed E-state index contributed by atoms with van der Waals surface area (Å²) < 4.78 is 5.31. The van der Waals surface area contributed by atoms with Crippen molar-refractivity contribution in [2.45, 2.75) is 71.6 Å². The van der Waals surface area contributed by atoms with Crippen LogP contribution in [-0.2, 0) is 25.5 Å². The van der Waals surface area contributed by atoms with E-state index in [9.17, 15) is 14.4 Å². The third-order valence-corrected chi connectivity index (χ3v) is 5.67. The molecule has 1 fully saturated rings. The number of epoxide rings is 1. The van der Waals surface area contributed by atoms with Crippen LogP contribution in [0.25, 0.3) is 0 Å². The second-order valence-electron chi connectivity index (χ2n) is 9.40. The first kappa shape index (κ1) is 24.2. The van der Waals surface area contributed by atoms with Gasteiger partial charge >= 0.3 is 0 Å². The molecule has 0 radical (unpaired) electrons. The Morgan fingerprint density at radius 3 is 2.23 bits per heavy atom. The molecule has 6 heteroatoms. The molecule has 1 aliphatic heterocycles. The van der Waals surface area contributed by atoms with Crippen LogP contribution >= 0.6 is 0 Å². The topological polar surface area (TPSA) is 102 Å². The number of ketones is 2. The smallest absolute Gasteiger partial charge is 0.224 e. The molecule has 0 bridgehead atoms. The zero-order valence-electron chi connectivity index (χ0n) is 18.8. The number of Topliss-reactive ketones (excluding diaryl/α,β-unsaturated/α-hetero) is 2. The Morgan fingerprint density at radius 1 is 1.13 bits per heavy atom. The number of nitrogens with two attached hydrogens (primary N) is 1. The Hall–Kier alpha value is -2.05. The Kier molecular flexibility index (Phi) is 8.33. The van der Waals surface area contributed by atoms with Crippen molar-refractivity contribution in [3.8, 4) is 0 Å². The van der Waals surface area contributed by atoms with E-state index >= 15 is 0 Å². The molecule has 1 aliphatic rings. The number of hydrogen-bond donors (Lipinski definition) is 2. The van der Waals surface area contributed by atoms with E-state index in [1.165, 1.54) is 0 Å². The minimum Gasteiger partial charge on any atom is -0.361 e. The molecule has 0 unspecified atom stereocenters. The molecule has 4 atom stereocenters. The first-order chi connectivity index (χ1) is 14.0. The molecule has 1 saturated heterocycles. The van der Waals surface area contributed by atoms with E-state index in [1.807, 2.05) is 58.0 Å². The molecule has 1 heterocycles. The number of nitrogens with one attached hydrogen (secondary N) is 1. The van der Waals surface area contributed by atoms with Gasteiger partial charge in [0.15, 0.2) is 11.6 Å². The summed E-state index contributed by atoms with van der Waals surface area (Å²) in [5, 5.41) is 2.93. The van der Waals surface area contributed by atoms with E-state index in [0.717, 1.165) is 5.56 Å². The molecular formula is C24H36N2O4. The molecule has 0 aromatic heterocycles. The summed E-state index contributed by atoms with van der Waals surface area (Å²) in [7, 11) is 0. The van der Waals surface area contributed by atoms with Crippen molar-refractivity contribution in [3.63, 3.8) is 0 Å². The van der Waals surface area contributed by atoms with E-state index in [2.05, 4.69) is 5.32 Å². The van der Waals surface area contributed by atoms with Crippen LogP contribution in [0.2, 0.25) is 0 Å². The van der Waals surface area contributed by atoms with Crippen molar-refractivity contribution in [2.24, 2.45) is 23.5 Å². The lowest BCUT2D eigenvalue weighted by atomic mass is 9.87. The number of rotatable bonds is 12. The molecule has 0 saturated carbocycles. The molecule has 6 nitrogen and oxygen atoms in total. The lowest BCUT2D eigenvalue weighted by Gasteiger charge is -2.25. The van der Waals surface area contributed by atoms with Crippen molar-refractivity contribution in [3.05, 3.63) is 35.9 Å². The summed E-state index contributed by atoms with van der Waals surface area (Å²) in [6, 6.07) is 8.35. The van der Waals surface area contributed by atoms with Crippen LogP contribution in [0.15, 0.2) is 30.3 Å². The fourth-order valence-electron chi connectivity index (χ4n) is 3.52. The molecule has 0 aliphatic carbocycles. The average Bonchev–Trinajstić information content (AvgIpc) is 3.44. The third-order valence-electron chi connectivity index (χ3n) is 5.67. The molecule has 1 aromatic rings. The normalized spacial score (nSPS) is 21.2. The predicted octanol–water partition coefficient (Wildman–Crippen LogP) is 2.68. The Balaban J connectivity index is 2.18. The van der Waals surface area contributed by atoms with Crippen LogP contribution in [-0.4, -0.2) is 41.8 Å². The van der Waals surface area contributed by atoms with Gasteiger partial charge in [-0.3, -0.25) is 14.4 Å². The van der Waals surface area contributed by atoms with Gasteiger partial charge in [0, 0.05) is 12.3 Å². The number of benzene rings is 1. The third kappa shape index (κ3) is 6.74. The standard InChI is InChI=1S/C24H36N2O4/c1-15(2)11-19(22(28)24(5)14-30-24)26-23(29)18(12-17-9-7-6-8-10-17)13-20(27)21(25)16(3)4/h6-10,15-16,18-19,21H,11-14,25H2,1-5H3,(H,26,29)/t18-,19+,21+,24-/m1/s1. The maximum Gasteiger partial charge on any atom is 0.224 e. The van der Waals surface area contributed by atoms with Gasteiger partial charge in [-0.05, 0) is 37.2 Å². The lowest BCUT2D eigenvalue weighted by molar-refractivity contribution is -0.134. The van der Waals surface area contributed by atoms with Gasteiger partial charge in [0.05, 0.1) is 18.7 Å². The number of hydrogen-bond acceptors (Lipinski definition) is 5. The van der Waals surface area contributed by atoms with E-state index in [0.29, 0.717) is 19.4 Å². The van der Waals surface area contributed by atoms with Gasteiger partial charge in [0.25, 0.3) is 0 Å². The highest BCUT2D eigenvalue weighted by Gasteiger charge is 2.50. The monoisotopic (exact) mass is 416 g/mol. The van der Waals surface area contributed by atoms with Gasteiger partial charge in [0.2, 0.25) is 5.91 Å². The quantitative estimate of drug-likeness (QED) is 0.510. The fourth-order valence-corrected chi connectivity index (χ4v) is 3.52. The van der Waals surface area contributed by atoms with Gasteiger partial charge in [-0.1, -0.05) is 58.0 Å². The average molecular weight is 417 g/mol. The number of carbonyl (C=O) groups excluding carboxylic acids is 3. The van der Waals surface area contributed by atoms with Crippen molar-refractivity contribution in [2.75, 3.05) is 6.61 Å². The number of ether oxygens (including phenoxy) is 1. The first-order valence-corrected chi connectivity index (χ1v) is 10.8. The van der Waals surface area contributed by atoms with E-state index in [4.69, 9.17) is 10.5 Å². The summed E-state index contributed by atoms with van der Waals surface area (Å²) in [6.45, 7) is 9.93. The molecule has 1 amide bonds. The molecule has 2 rings (SSSR count). The zero-order valence-corrected chi connectivity index (χ0v) is 18.8. The molecular weight excluding hydrogens is 380 g/mol. The summed E-state index contributed by atoms with van der Waals surface area (Å²) in [5.41, 5.74) is 6.19. The van der Waals surface area contributed by atoms with Crippen LogP contribution in [0.5, 0.6) is 0 Å². The largest absolute Gasteiger partial charge is 0.361 e. The number of amides is 1. The van der Waals surface area contributed by atoms with Crippen molar-refractivity contribution < 1.29 is 19.1 Å². The minimum atomic E-state index is -0.808. The Bertz CT molecular complexity index is 741. The summed E-state index contributed by atoms with van der Waals surface area (Å²) in [5.74, 6) is -0.879. The van der Waals surface area contributed by atoms with E-state index in [1.54, 1.807) is 6.92 Å². The summed E-state index contributed by atoms with van der Waals surface area (Å²) >= 11 is 0. The van der Waals surface area contributed by atoms with Crippen LogP contribution in [0.4, 0.5) is 0 Å². The Labute approximate surface area is 179 Å². The molecule has 3 N–H and O–H groups in total. The van der Waals surface area contributed by atoms with Crippen molar-refractivity contribution >= 4 is 17.5 Å². The first-order valence-electron chi connectivity index (χ1n) is 10.8. The van der Waals surface area contributed by atoms with Gasteiger partial charge in [-0.25, -0.2) is 0 Å². The summed E-state index contributed by atoms with van der Waals surface area (Å²) in [6.07, 6.45) is 0.997. The van der Waals surface area contributed by atoms with Crippen LogP contribution in [0, 0.1) is 17.8 Å². The van der Waals surface area contributed by atoms with Gasteiger partial charge in [-0.15, -0.1) is 0 Å². The molecule has 0 spiro atoms. The second kappa shape index (κ2) is 10.3. The van der Waals surface area contributed by atoms with Crippen LogP contribution in [0.1, 0.15) is 53.0 Å². The van der Waals surface area contributed by atoms with Crippen LogP contribution < -0.4 is 11.1 Å². The van der Waals surface area contributed by atoms with Gasteiger partial charge < -0.3 is 15.8 Å². The predicted molar refractivity (Wildman–Crippen MR) is 117 cm³/mol. The Morgan fingerprint density at radius 2 is 1.73 bits per heavy atom. The molecule has 30 heavy (non-hydrogen) atoms. The highest BCUT2D eigenvalue weighted by molar-refractivity contribution is 5.97. The fraction of sp³-hybridized carbons (Fsp3) is 0.625. The lowest BCUT2D eigenvalue weighted by Crippen LogP contribution is -2.49. The highest BCUT2D eigenvalue weighted by atomic mass is 16.6. The molecule has 166 valence electrons. The summed E-state index contributed by atoms with van der Waals surface area (Å²) in [4.78, 5) is 38.8. The van der Waals surface area contributed by atoms with Gasteiger partial charge in [0.1, 0.15) is 5.60 Å². The SMILES string of the molecule is CC(C)C[C@H](NC(=O)[C@@H](CC(=O)[C@@H](N)C(C)C)Cc1ccccc1)C(=O)[C@@]1(C)CO1. The van der Waals surface area contributed by atoms with Crippen LogP contribution in [0.3, 0.4) is 0 Å². The maximum absolute atomic E-state index is 13.2. The minimum absolute atomic E-state index is 0.000156. The van der Waals surface area contributed by atoms with E-state index in [-0.39, 0.29) is 35.7 Å². The zero-order chi connectivity index (χ0) is 22.5. The van der Waals surface area contributed by atoms with Gasteiger partial charge in [-0.2, -0.15) is 0 Å². The molecule has 1 aromatic carbocycles. The van der Waals surface area contributed by atoms with Crippen molar-refractivity contribution in [1.29, 1.82) is 0 Å². The second-order valence-corrected chi connectivity index (χ2v) is 9.40.